The smallest absolute Gasteiger partial charge is 0.155 e. The van der Waals surface area contributed by atoms with E-state index in [1.807, 2.05) is 6.07 Å². The van der Waals surface area contributed by atoms with Gasteiger partial charge < -0.3 is 4.90 Å². The lowest BCUT2D eigenvalue weighted by molar-refractivity contribution is 0.359. The standard InChI is InChI=1S/C14H18N2O2S/c15-11-13-5-1-2-6-14(13)12-19(17,18)10-9-16-7-3-4-8-16/h1-2,5-6H,3-4,7-10,12H2. The van der Waals surface area contributed by atoms with E-state index >= 15 is 0 Å². The van der Waals surface area contributed by atoms with E-state index in [0.29, 0.717) is 17.7 Å². The molecule has 0 atom stereocenters. The minimum atomic E-state index is -3.15. The van der Waals surface area contributed by atoms with Gasteiger partial charge in [0.2, 0.25) is 0 Å². The van der Waals surface area contributed by atoms with Gasteiger partial charge in [-0.2, -0.15) is 5.26 Å². The molecule has 1 aromatic carbocycles. The highest BCUT2D eigenvalue weighted by molar-refractivity contribution is 7.90. The van der Waals surface area contributed by atoms with Crippen LogP contribution in [-0.2, 0) is 15.6 Å². The van der Waals surface area contributed by atoms with Gasteiger partial charge in [0, 0.05) is 6.54 Å². The Bertz CT molecular complexity index is 569. The Kier molecular flexibility index (Phi) is 4.56. The molecule has 5 heteroatoms. The monoisotopic (exact) mass is 278 g/mol. The van der Waals surface area contributed by atoms with Gasteiger partial charge in [0.15, 0.2) is 9.84 Å². The number of likely N-dealkylation sites (tertiary alicyclic amines) is 1. The van der Waals surface area contributed by atoms with Gasteiger partial charge in [-0.1, -0.05) is 18.2 Å². The second-order valence-electron chi connectivity index (χ2n) is 4.91. The summed E-state index contributed by atoms with van der Waals surface area (Å²) < 4.78 is 24.2. The van der Waals surface area contributed by atoms with E-state index in [4.69, 9.17) is 5.26 Å². The Morgan fingerprint density at radius 3 is 2.58 bits per heavy atom. The fraction of sp³-hybridized carbons (Fsp3) is 0.500. The molecule has 0 amide bonds. The Morgan fingerprint density at radius 2 is 1.89 bits per heavy atom. The molecule has 1 saturated heterocycles. The number of hydrogen-bond donors (Lipinski definition) is 0. The van der Waals surface area contributed by atoms with E-state index in [9.17, 15) is 8.42 Å². The molecule has 102 valence electrons. The molecule has 0 spiro atoms. The van der Waals surface area contributed by atoms with Crippen LogP contribution in [0.15, 0.2) is 24.3 Å². The van der Waals surface area contributed by atoms with E-state index < -0.39 is 9.84 Å². The molecule has 1 aliphatic rings. The highest BCUT2D eigenvalue weighted by Crippen LogP contribution is 2.13. The summed E-state index contributed by atoms with van der Waals surface area (Å²) in [4.78, 5) is 2.19. The van der Waals surface area contributed by atoms with Gasteiger partial charge in [-0.15, -0.1) is 0 Å². The first-order chi connectivity index (χ1) is 9.11. The van der Waals surface area contributed by atoms with E-state index in [0.717, 1.165) is 25.9 Å². The van der Waals surface area contributed by atoms with E-state index in [-0.39, 0.29) is 11.5 Å². The van der Waals surface area contributed by atoms with Crippen molar-refractivity contribution in [3.63, 3.8) is 0 Å². The fourth-order valence-corrected chi connectivity index (χ4v) is 3.75. The van der Waals surface area contributed by atoms with Crippen LogP contribution in [0.4, 0.5) is 0 Å². The predicted octanol–water partition coefficient (Wildman–Crippen LogP) is 1.57. The number of nitriles is 1. The maximum atomic E-state index is 12.1. The summed E-state index contributed by atoms with van der Waals surface area (Å²) in [5.41, 5.74) is 1.05. The SMILES string of the molecule is N#Cc1ccccc1CS(=O)(=O)CCN1CCCC1. The van der Waals surface area contributed by atoms with Crippen molar-refractivity contribution in [2.45, 2.75) is 18.6 Å². The van der Waals surface area contributed by atoms with Crippen LogP contribution in [-0.4, -0.2) is 38.7 Å². The summed E-state index contributed by atoms with van der Waals surface area (Å²) in [5.74, 6) is 0.136. The third-order valence-electron chi connectivity index (χ3n) is 3.43. The molecule has 0 N–H and O–H groups in total. The Labute approximate surface area is 114 Å². The van der Waals surface area contributed by atoms with Crippen molar-refractivity contribution in [1.82, 2.24) is 4.90 Å². The largest absolute Gasteiger partial charge is 0.302 e. The summed E-state index contributed by atoms with van der Waals surface area (Å²) >= 11 is 0. The molecule has 0 bridgehead atoms. The molecule has 1 fully saturated rings. The number of benzene rings is 1. The zero-order chi connectivity index (χ0) is 13.7. The zero-order valence-corrected chi connectivity index (χ0v) is 11.7. The van der Waals surface area contributed by atoms with Crippen molar-refractivity contribution in [2.24, 2.45) is 0 Å². The summed E-state index contributed by atoms with van der Waals surface area (Å²) in [6, 6.07) is 8.93. The molecule has 2 rings (SSSR count). The Morgan fingerprint density at radius 1 is 1.21 bits per heavy atom. The summed E-state index contributed by atoms with van der Waals surface area (Å²) in [6.07, 6.45) is 2.33. The third-order valence-corrected chi connectivity index (χ3v) is 4.99. The van der Waals surface area contributed by atoms with Gasteiger partial charge in [-0.25, -0.2) is 8.42 Å². The lowest BCUT2D eigenvalue weighted by atomic mass is 10.1. The topological polar surface area (TPSA) is 61.2 Å². The van der Waals surface area contributed by atoms with Crippen molar-refractivity contribution in [2.75, 3.05) is 25.4 Å². The van der Waals surface area contributed by atoms with Crippen molar-refractivity contribution in [3.05, 3.63) is 35.4 Å². The quantitative estimate of drug-likeness (QED) is 0.820. The second-order valence-corrected chi connectivity index (χ2v) is 7.09. The number of rotatable bonds is 5. The molecular weight excluding hydrogens is 260 g/mol. The van der Waals surface area contributed by atoms with Gasteiger partial charge in [0.1, 0.15) is 0 Å². The Hall–Kier alpha value is -1.38. The first-order valence-corrected chi connectivity index (χ1v) is 8.34. The summed E-state index contributed by atoms with van der Waals surface area (Å²) in [5, 5.41) is 8.96. The highest BCUT2D eigenvalue weighted by atomic mass is 32.2. The van der Waals surface area contributed by atoms with Gasteiger partial charge in [0.25, 0.3) is 0 Å². The van der Waals surface area contributed by atoms with Crippen LogP contribution in [0.25, 0.3) is 0 Å². The van der Waals surface area contributed by atoms with Crippen LogP contribution in [0.3, 0.4) is 0 Å². The van der Waals surface area contributed by atoms with Crippen molar-refractivity contribution >= 4 is 9.84 Å². The number of nitrogens with zero attached hydrogens (tertiary/aromatic N) is 2. The van der Waals surface area contributed by atoms with Crippen molar-refractivity contribution < 1.29 is 8.42 Å². The molecule has 1 aliphatic heterocycles. The number of sulfone groups is 1. The average molecular weight is 278 g/mol. The maximum Gasteiger partial charge on any atom is 0.155 e. The third kappa shape index (κ3) is 4.05. The molecule has 0 radical (unpaired) electrons. The molecule has 0 aromatic heterocycles. The molecular formula is C14H18N2O2S. The van der Waals surface area contributed by atoms with Crippen LogP contribution in [0.2, 0.25) is 0 Å². The maximum absolute atomic E-state index is 12.1. The average Bonchev–Trinajstić information content (AvgIpc) is 2.90. The van der Waals surface area contributed by atoms with Gasteiger partial charge >= 0.3 is 0 Å². The fourth-order valence-electron chi connectivity index (χ4n) is 2.34. The minimum absolute atomic E-state index is 0.0371. The lowest BCUT2D eigenvalue weighted by Crippen LogP contribution is -2.27. The molecule has 1 aromatic rings. The van der Waals surface area contributed by atoms with Crippen LogP contribution in [0.5, 0.6) is 0 Å². The second kappa shape index (κ2) is 6.18. The molecule has 0 unspecified atom stereocenters. The lowest BCUT2D eigenvalue weighted by Gasteiger charge is -2.14. The number of hydrogen-bond acceptors (Lipinski definition) is 4. The summed E-state index contributed by atoms with van der Waals surface area (Å²) in [6.45, 7) is 2.62. The van der Waals surface area contributed by atoms with Crippen LogP contribution < -0.4 is 0 Å². The van der Waals surface area contributed by atoms with E-state index in [1.165, 1.54) is 0 Å². The van der Waals surface area contributed by atoms with Crippen LogP contribution in [0.1, 0.15) is 24.0 Å². The molecule has 4 nitrogen and oxygen atoms in total. The molecule has 1 heterocycles. The Balaban J connectivity index is 1.98. The predicted molar refractivity (Wildman–Crippen MR) is 74.3 cm³/mol. The first-order valence-electron chi connectivity index (χ1n) is 6.51. The molecule has 0 aliphatic carbocycles. The molecule has 19 heavy (non-hydrogen) atoms. The summed E-state index contributed by atoms with van der Waals surface area (Å²) in [7, 11) is -3.15. The van der Waals surface area contributed by atoms with Crippen LogP contribution in [0, 0.1) is 11.3 Å². The van der Waals surface area contributed by atoms with Gasteiger partial charge in [-0.05, 0) is 37.6 Å². The first kappa shape index (κ1) is 14.0. The van der Waals surface area contributed by atoms with Gasteiger partial charge in [-0.3, -0.25) is 0 Å². The molecule has 0 saturated carbocycles. The van der Waals surface area contributed by atoms with Gasteiger partial charge in [0.05, 0.1) is 23.1 Å². The minimum Gasteiger partial charge on any atom is -0.302 e. The highest BCUT2D eigenvalue weighted by Gasteiger charge is 2.18. The van der Waals surface area contributed by atoms with Crippen LogP contribution >= 0.6 is 0 Å². The zero-order valence-electron chi connectivity index (χ0n) is 10.9. The van der Waals surface area contributed by atoms with Crippen molar-refractivity contribution in [1.29, 1.82) is 5.26 Å². The normalized spacial score (nSPS) is 16.4. The van der Waals surface area contributed by atoms with E-state index in [1.54, 1.807) is 24.3 Å². The van der Waals surface area contributed by atoms with E-state index in [2.05, 4.69) is 4.90 Å². The van der Waals surface area contributed by atoms with Crippen molar-refractivity contribution in [3.8, 4) is 6.07 Å².